The number of aliphatic hydroxyl groups is 1. The summed E-state index contributed by atoms with van der Waals surface area (Å²) in [6.45, 7) is 10.3. The molecular formula is C10H21BrO. The smallest absolute Gasteiger partial charge is 0.0591 e. The number of rotatable bonds is 4. The van der Waals surface area contributed by atoms with Gasteiger partial charge in [0, 0.05) is 4.32 Å². The van der Waals surface area contributed by atoms with Crippen LogP contribution >= 0.6 is 15.9 Å². The van der Waals surface area contributed by atoms with Crippen molar-refractivity contribution in [2.45, 2.75) is 57.4 Å². The lowest BCUT2D eigenvalue weighted by Gasteiger charge is -2.27. The van der Waals surface area contributed by atoms with Crippen LogP contribution in [0.3, 0.4) is 0 Å². The molecule has 0 bridgehead atoms. The van der Waals surface area contributed by atoms with E-state index in [2.05, 4.69) is 36.7 Å². The van der Waals surface area contributed by atoms with E-state index in [4.69, 9.17) is 0 Å². The Hall–Kier alpha value is 0.440. The van der Waals surface area contributed by atoms with Gasteiger partial charge in [0.1, 0.15) is 0 Å². The molecule has 0 fully saturated rings. The van der Waals surface area contributed by atoms with Crippen LogP contribution in [0, 0.1) is 5.92 Å². The largest absolute Gasteiger partial charge is 0.390 e. The number of alkyl halides is 1. The molecule has 12 heavy (non-hydrogen) atoms. The van der Waals surface area contributed by atoms with Crippen molar-refractivity contribution in [1.82, 2.24) is 0 Å². The van der Waals surface area contributed by atoms with E-state index in [1.54, 1.807) is 0 Å². The molecule has 1 unspecified atom stereocenters. The zero-order chi connectivity index (χ0) is 9.99. The van der Waals surface area contributed by atoms with E-state index < -0.39 is 5.60 Å². The van der Waals surface area contributed by atoms with E-state index in [9.17, 15) is 5.11 Å². The molecule has 0 aromatic heterocycles. The van der Waals surface area contributed by atoms with E-state index in [0.717, 1.165) is 12.8 Å². The fourth-order valence-corrected chi connectivity index (χ4v) is 1.14. The first-order valence-corrected chi connectivity index (χ1v) is 5.33. The minimum absolute atomic E-state index is 0.179. The Morgan fingerprint density at radius 1 is 1.25 bits per heavy atom. The van der Waals surface area contributed by atoms with Crippen LogP contribution in [0.5, 0.6) is 0 Å². The summed E-state index contributed by atoms with van der Waals surface area (Å²) in [5.74, 6) is 0.587. The molecular weight excluding hydrogens is 216 g/mol. The van der Waals surface area contributed by atoms with Crippen molar-refractivity contribution in [2.24, 2.45) is 5.92 Å². The molecule has 0 aliphatic heterocycles. The van der Waals surface area contributed by atoms with Gasteiger partial charge < -0.3 is 5.11 Å². The predicted molar refractivity (Wildman–Crippen MR) is 57.7 cm³/mol. The molecule has 0 radical (unpaired) electrons. The third-order valence-electron chi connectivity index (χ3n) is 2.36. The molecule has 0 spiro atoms. The molecule has 74 valence electrons. The molecule has 0 amide bonds. The van der Waals surface area contributed by atoms with Gasteiger partial charge in [0.2, 0.25) is 0 Å². The normalized spacial score (nSPS) is 16.2. The van der Waals surface area contributed by atoms with Gasteiger partial charge in [-0.25, -0.2) is 0 Å². The quantitative estimate of drug-likeness (QED) is 0.743. The maximum Gasteiger partial charge on any atom is 0.0591 e. The molecule has 0 saturated carbocycles. The highest BCUT2D eigenvalue weighted by Crippen LogP contribution is 2.31. The molecule has 0 aliphatic carbocycles. The number of hydrogen-bond acceptors (Lipinski definition) is 1. The maximum absolute atomic E-state index is 9.52. The third kappa shape index (κ3) is 6.01. The van der Waals surface area contributed by atoms with Crippen LogP contribution in [0.15, 0.2) is 0 Å². The average Bonchev–Trinajstić information content (AvgIpc) is 1.78. The topological polar surface area (TPSA) is 20.2 Å². The summed E-state index contributed by atoms with van der Waals surface area (Å²) in [5.41, 5.74) is -0.521. The molecule has 0 aromatic carbocycles. The van der Waals surface area contributed by atoms with Crippen LogP contribution in [0.25, 0.3) is 0 Å². The van der Waals surface area contributed by atoms with Gasteiger partial charge in [-0.1, -0.05) is 22.9 Å². The van der Waals surface area contributed by atoms with Gasteiger partial charge in [0.05, 0.1) is 5.60 Å². The lowest BCUT2D eigenvalue weighted by Crippen LogP contribution is -2.25. The van der Waals surface area contributed by atoms with E-state index in [1.165, 1.54) is 0 Å². The second-order valence-electron chi connectivity index (χ2n) is 4.82. The van der Waals surface area contributed by atoms with Crippen LogP contribution in [0.1, 0.15) is 47.5 Å². The Labute approximate surface area is 84.7 Å². The number of halogens is 1. The van der Waals surface area contributed by atoms with Crippen LogP contribution in [0.2, 0.25) is 0 Å². The van der Waals surface area contributed by atoms with Gasteiger partial charge in [-0.3, -0.25) is 0 Å². The summed E-state index contributed by atoms with van der Waals surface area (Å²) in [5, 5.41) is 9.52. The van der Waals surface area contributed by atoms with Crippen LogP contribution in [-0.4, -0.2) is 15.0 Å². The van der Waals surface area contributed by atoms with Crippen molar-refractivity contribution in [3.63, 3.8) is 0 Å². The minimum atomic E-state index is -0.521. The van der Waals surface area contributed by atoms with Crippen molar-refractivity contribution >= 4 is 15.9 Å². The predicted octanol–water partition coefficient (Wildman–Crippen LogP) is 3.35. The molecule has 1 atom stereocenters. The van der Waals surface area contributed by atoms with Crippen LogP contribution < -0.4 is 0 Å². The lowest BCUT2D eigenvalue weighted by molar-refractivity contribution is 0.0631. The van der Waals surface area contributed by atoms with Gasteiger partial charge in [0.25, 0.3) is 0 Å². The van der Waals surface area contributed by atoms with Crippen LogP contribution in [0.4, 0.5) is 0 Å². The van der Waals surface area contributed by atoms with Crippen molar-refractivity contribution in [3.05, 3.63) is 0 Å². The van der Waals surface area contributed by atoms with Crippen LogP contribution in [-0.2, 0) is 0 Å². The summed E-state index contributed by atoms with van der Waals surface area (Å²) in [7, 11) is 0. The third-order valence-corrected chi connectivity index (χ3v) is 3.14. The van der Waals surface area contributed by atoms with E-state index in [-0.39, 0.29) is 4.32 Å². The highest BCUT2D eigenvalue weighted by atomic mass is 79.9. The first-order chi connectivity index (χ1) is 5.13. The Morgan fingerprint density at radius 3 is 1.92 bits per heavy atom. The van der Waals surface area contributed by atoms with Crippen molar-refractivity contribution in [2.75, 3.05) is 0 Å². The van der Waals surface area contributed by atoms with Crippen molar-refractivity contribution in [3.8, 4) is 0 Å². The molecule has 0 aliphatic rings. The fraction of sp³-hybridized carbons (Fsp3) is 1.00. The Balaban J connectivity index is 3.80. The minimum Gasteiger partial charge on any atom is -0.390 e. The first-order valence-electron chi connectivity index (χ1n) is 4.54. The maximum atomic E-state index is 9.52. The van der Waals surface area contributed by atoms with E-state index in [1.807, 2.05) is 13.8 Å². The SMILES string of the molecule is CC(CCC(C)(C)O)C(C)(C)Br. The molecule has 1 nitrogen and oxygen atoms in total. The average molecular weight is 237 g/mol. The molecule has 0 heterocycles. The Bertz CT molecular complexity index is 130. The molecule has 0 saturated heterocycles. The van der Waals surface area contributed by atoms with E-state index in [0.29, 0.717) is 5.92 Å². The summed E-state index contributed by atoms with van der Waals surface area (Å²) < 4.78 is 0.179. The summed E-state index contributed by atoms with van der Waals surface area (Å²) in [6.07, 6.45) is 1.92. The molecule has 1 N–H and O–H groups in total. The lowest BCUT2D eigenvalue weighted by atomic mass is 9.89. The summed E-state index contributed by atoms with van der Waals surface area (Å²) in [4.78, 5) is 0. The van der Waals surface area contributed by atoms with Crippen molar-refractivity contribution in [1.29, 1.82) is 0 Å². The highest BCUT2D eigenvalue weighted by Gasteiger charge is 2.24. The number of hydrogen-bond donors (Lipinski definition) is 1. The Kier molecular flexibility index (Phi) is 4.25. The second-order valence-corrected chi connectivity index (χ2v) is 6.86. The molecule has 0 rings (SSSR count). The van der Waals surface area contributed by atoms with Gasteiger partial charge in [0.15, 0.2) is 0 Å². The molecule has 2 heteroatoms. The summed E-state index contributed by atoms with van der Waals surface area (Å²) >= 11 is 3.63. The van der Waals surface area contributed by atoms with E-state index >= 15 is 0 Å². The van der Waals surface area contributed by atoms with Gasteiger partial charge in [-0.05, 0) is 46.5 Å². The zero-order valence-corrected chi connectivity index (χ0v) is 10.4. The highest BCUT2D eigenvalue weighted by molar-refractivity contribution is 9.10. The van der Waals surface area contributed by atoms with Gasteiger partial charge in [-0.2, -0.15) is 0 Å². The Morgan fingerprint density at radius 2 is 1.67 bits per heavy atom. The second kappa shape index (κ2) is 4.10. The van der Waals surface area contributed by atoms with Gasteiger partial charge in [-0.15, -0.1) is 0 Å². The first kappa shape index (κ1) is 12.4. The van der Waals surface area contributed by atoms with Gasteiger partial charge >= 0.3 is 0 Å². The summed E-state index contributed by atoms with van der Waals surface area (Å²) in [6, 6.07) is 0. The molecule has 0 aromatic rings. The fourth-order valence-electron chi connectivity index (χ4n) is 0.913. The monoisotopic (exact) mass is 236 g/mol. The van der Waals surface area contributed by atoms with Crippen molar-refractivity contribution < 1.29 is 5.11 Å². The standard InChI is InChI=1S/C10H21BrO/c1-8(10(4,5)11)6-7-9(2,3)12/h8,12H,6-7H2,1-5H3. The zero-order valence-electron chi connectivity index (χ0n) is 8.82.